The second-order valence-corrected chi connectivity index (χ2v) is 15.4. The smallest absolute Gasteiger partial charge is 0.0891 e. The van der Waals surface area contributed by atoms with Crippen molar-refractivity contribution in [2.45, 2.75) is 63.2 Å². The molecule has 4 heteroatoms. The molecule has 0 radical (unpaired) electrons. The summed E-state index contributed by atoms with van der Waals surface area (Å²) < 4.78 is 0. The first-order chi connectivity index (χ1) is 15.0. The molecule has 0 fully saturated rings. The van der Waals surface area contributed by atoms with E-state index < -0.39 is 0 Å². The van der Waals surface area contributed by atoms with Gasteiger partial charge >= 0.3 is 0 Å². The number of aromatic amines is 2. The Hall–Kier alpha value is -1.88. The highest BCUT2D eigenvalue weighted by Gasteiger charge is 2.39. The molecule has 32 heavy (non-hydrogen) atoms. The van der Waals surface area contributed by atoms with Crippen LogP contribution in [0.25, 0.3) is 10.8 Å². The molecule has 4 aromatic rings. The van der Waals surface area contributed by atoms with Crippen molar-refractivity contribution in [3.63, 3.8) is 0 Å². The first-order valence-electron chi connectivity index (χ1n) is 11.4. The fourth-order valence-electron chi connectivity index (χ4n) is 5.10. The zero-order valence-corrected chi connectivity index (χ0v) is 22.2. The third-order valence-corrected chi connectivity index (χ3v) is 11.3. The number of benzene rings is 2. The summed E-state index contributed by atoms with van der Waals surface area (Å²) in [4.78, 5) is 7.04. The number of nitrogens with one attached hydrogen (secondary N) is 2. The van der Waals surface area contributed by atoms with Crippen LogP contribution < -0.4 is 0 Å². The van der Waals surface area contributed by atoms with Crippen molar-refractivity contribution in [1.29, 1.82) is 0 Å². The molecule has 2 heterocycles. The Morgan fingerprint density at radius 3 is 1.78 bits per heavy atom. The average Bonchev–Trinajstić information content (AvgIpc) is 3.44. The van der Waals surface area contributed by atoms with Crippen LogP contribution in [-0.4, -0.2) is 20.3 Å². The van der Waals surface area contributed by atoms with Gasteiger partial charge in [-0.25, -0.2) is 0 Å². The average molecular weight is 463 g/mol. The zero-order chi connectivity index (χ0) is 23.1. The Kier molecular flexibility index (Phi) is 6.17. The monoisotopic (exact) mass is 462 g/mol. The van der Waals surface area contributed by atoms with Gasteiger partial charge in [0, 0.05) is 23.8 Å². The fraction of sp³-hybridized carbons (Fsp3) is 0.357. The number of hydrogen-bond donors (Lipinski definition) is 2. The van der Waals surface area contributed by atoms with E-state index in [0.29, 0.717) is 0 Å². The van der Waals surface area contributed by atoms with E-state index in [1.165, 1.54) is 33.3 Å². The summed E-state index contributed by atoms with van der Waals surface area (Å²) in [5, 5.41) is 2.82. The van der Waals surface area contributed by atoms with Crippen molar-refractivity contribution >= 4 is 27.9 Å². The summed E-state index contributed by atoms with van der Waals surface area (Å²) in [6.07, 6.45) is 5.14. The number of aromatic nitrogens is 2. The van der Waals surface area contributed by atoms with Crippen molar-refractivity contribution in [3.8, 4) is 0 Å². The maximum absolute atomic E-state index is 3.52. The van der Waals surface area contributed by atoms with Crippen LogP contribution >= 0.6 is 17.2 Å². The lowest BCUT2D eigenvalue weighted by atomic mass is 9.86. The van der Waals surface area contributed by atoms with Gasteiger partial charge in [0.2, 0.25) is 0 Å². The number of hydrogen-bond acceptors (Lipinski definition) is 0. The first-order valence-corrected chi connectivity index (χ1v) is 13.5. The molecule has 2 nitrogen and oxygen atoms in total. The third kappa shape index (κ3) is 4.21. The molecular weight excluding hydrogens is 426 g/mol. The van der Waals surface area contributed by atoms with Gasteiger partial charge in [0.15, 0.2) is 0 Å². The van der Waals surface area contributed by atoms with Crippen LogP contribution in [0.5, 0.6) is 0 Å². The van der Waals surface area contributed by atoms with Crippen LogP contribution in [0.2, 0.25) is 0 Å². The summed E-state index contributed by atoms with van der Waals surface area (Å²) >= 11 is 0. The Morgan fingerprint density at radius 1 is 0.719 bits per heavy atom. The summed E-state index contributed by atoms with van der Waals surface area (Å²) in [5.74, 6) is 0. The van der Waals surface area contributed by atoms with Gasteiger partial charge in [0.05, 0.1) is 5.16 Å². The van der Waals surface area contributed by atoms with Gasteiger partial charge in [-0.2, -0.15) is 0 Å². The summed E-state index contributed by atoms with van der Waals surface area (Å²) in [6, 6.07) is 22.1. The van der Waals surface area contributed by atoms with Crippen LogP contribution in [0.3, 0.4) is 0 Å². The topological polar surface area (TPSA) is 31.6 Å². The van der Waals surface area contributed by atoms with Gasteiger partial charge < -0.3 is 9.97 Å². The predicted octanol–water partition coefficient (Wildman–Crippen LogP) is 8.24. The Morgan fingerprint density at radius 2 is 1.28 bits per heavy atom. The number of H-pyrrole nitrogens is 2. The molecule has 1 atom stereocenters. The van der Waals surface area contributed by atoms with Crippen LogP contribution in [-0.2, 0) is 11.3 Å². The second-order valence-electron chi connectivity index (χ2n) is 10.7. The van der Waals surface area contributed by atoms with E-state index >= 15 is 0 Å². The predicted molar refractivity (Wildman–Crippen MR) is 145 cm³/mol. The van der Waals surface area contributed by atoms with Gasteiger partial charge in [0.25, 0.3) is 0 Å². The normalized spacial score (nSPS) is 13.2. The van der Waals surface area contributed by atoms with Crippen molar-refractivity contribution in [1.82, 2.24) is 9.97 Å². The molecule has 0 saturated heterocycles. The van der Waals surface area contributed by atoms with E-state index in [0.717, 1.165) is 6.16 Å². The molecule has 2 aromatic carbocycles. The van der Waals surface area contributed by atoms with Crippen molar-refractivity contribution in [3.05, 3.63) is 95.6 Å². The SMILES string of the molecule is CC(C)(C)P(Cc1c(C(P)(c2ccc[nH]2)c2ccc[nH]2)ccc2ccccc12)C(C)(C)C. The highest BCUT2D eigenvalue weighted by Crippen LogP contribution is 2.62. The molecule has 0 aliphatic heterocycles. The number of rotatable bonds is 5. The standard InChI is InChI=1S/C28H36N2P2/c1-26(2,3)32(27(4,5)6)19-22-21-12-8-7-11-20(21)15-16-23(22)28(31,24-13-9-17-29-24)25-14-10-18-30-25/h7-18,29-30H,19,31H2,1-6H3. The van der Waals surface area contributed by atoms with Gasteiger partial charge in [0.1, 0.15) is 0 Å². The molecule has 0 amide bonds. The van der Waals surface area contributed by atoms with Crippen molar-refractivity contribution in [2.24, 2.45) is 0 Å². The maximum Gasteiger partial charge on any atom is 0.0891 e. The summed E-state index contributed by atoms with van der Waals surface area (Å²) in [5.41, 5.74) is 5.18. The first kappa shape index (κ1) is 23.3. The third-order valence-electron chi connectivity index (χ3n) is 6.45. The lowest BCUT2D eigenvalue weighted by Gasteiger charge is -2.43. The summed E-state index contributed by atoms with van der Waals surface area (Å²) in [7, 11) is 2.89. The molecule has 0 spiro atoms. The zero-order valence-electron chi connectivity index (χ0n) is 20.2. The van der Waals surface area contributed by atoms with Gasteiger partial charge in [-0.05, 0) is 62.6 Å². The molecule has 0 bridgehead atoms. The van der Waals surface area contributed by atoms with Crippen LogP contribution in [0.1, 0.15) is 64.1 Å². The molecule has 4 rings (SSSR count). The van der Waals surface area contributed by atoms with Gasteiger partial charge in [-0.1, -0.05) is 85.9 Å². The van der Waals surface area contributed by atoms with E-state index in [1.807, 2.05) is 12.4 Å². The van der Waals surface area contributed by atoms with E-state index in [1.54, 1.807) is 0 Å². The van der Waals surface area contributed by atoms with E-state index in [-0.39, 0.29) is 23.4 Å². The minimum absolute atomic E-state index is 0.254. The molecule has 168 valence electrons. The Balaban J connectivity index is 2.02. The lowest BCUT2D eigenvalue weighted by Crippen LogP contribution is -2.28. The summed E-state index contributed by atoms with van der Waals surface area (Å²) in [6.45, 7) is 14.5. The fourth-order valence-corrected chi connectivity index (χ4v) is 9.35. The van der Waals surface area contributed by atoms with Gasteiger partial charge in [-0.15, -0.1) is 9.24 Å². The molecular formula is C28H36N2P2. The molecule has 2 N–H and O–H groups in total. The van der Waals surface area contributed by atoms with Crippen LogP contribution in [0.15, 0.2) is 73.1 Å². The highest BCUT2D eigenvalue weighted by atomic mass is 31.1. The van der Waals surface area contributed by atoms with E-state index in [9.17, 15) is 0 Å². The minimum atomic E-state index is -0.372. The molecule has 0 saturated carbocycles. The van der Waals surface area contributed by atoms with E-state index in [2.05, 4.69) is 121 Å². The Labute approximate surface area is 196 Å². The molecule has 1 unspecified atom stereocenters. The van der Waals surface area contributed by atoms with Crippen molar-refractivity contribution < 1.29 is 0 Å². The Bertz CT molecular complexity index is 1130. The molecule has 0 aliphatic carbocycles. The minimum Gasteiger partial charge on any atom is -0.364 e. The maximum atomic E-state index is 3.52. The van der Waals surface area contributed by atoms with Crippen molar-refractivity contribution in [2.75, 3.05) is 0 Å². The van der Waals surface area contributed by atoms with Gasteiger partial charge in [-0.3, -0.25) is 0 Å². The largest absolute Gasteiger partial charge is 0.364 e. The van der Waals surface area contributed by atoms with Crippen LogP contribution in [0, 0.1) is 0 Å². The molecule has 2 aromatic heterocycles. The quantitative estimate of drug-likeness (QED) is 0.280. The lowest BCUT2D eigenvalue weighted by molar-refractivity contribution is 0.702. The highest BCUT2D eigenvalue weighted by molar-refractivity contribution is 7.60. The second kappa shape index (κ2) is 8.48. The van der Waals surface area contributed by atoms with E-state index in [4.69, 9.17) is 0 Å². The molecule has 0 aliphatic rings. The van der Waals surface area contributed by atoms with Crippen LogP contribution in [0.4, 0.5) is 0 Å². The number of fused-ring (bicyclic) bond motifs is 1.